The van der Waals surface area contributed by atoms with Gasteiger partial charge < -0.3 is 0 Å². The summed E-state index contributed by atoms with van der Waals surface area (Å²) >= 11 is 7.17. The average molecular weight is 437 g/mol. The van der Waals surface area contributed by atoms with Crippen LogP contribution in [0.4, 0.5) is 0 Å². The molecule has 0 amide bonds. The highest BCUT2D eigenvalue weighted by Gasteiger charge is 2.09. The van der Waals surface area contributed by atoms with Crippen molar-refractivity contribution in [2.45, 2.75) is 0 Å². The van der Waals surface area contributed by atoms with Crippen LogP contribution in [0, 0.1) is 10.2 Å². The Morgan fingerprint density at radius 3 is 2.05 bits per heavy atom. The summed E-state index contributed by atoms with van der Waals surface area (Å²) in [5.74, 6) is 0. The topological polar surface area (TPSA) is 96.3 Å². The monoisotopic (exact) mass is 435 g/mol. The first-order valence-electron chi connectivity index (χ1n) is 5.55. The third-order valence-corrected chi connectivity index (χ3v) is 4.05. The lowest BCUT2D eigenvalue weighted by atomic mass is 10.1. The molecule has 0 aliphatic rings. The van der Waals surface area contributed by atoms with Crippen LogP contribution in [0.15, 0.2) is 57.7 Å². The second kappa shape index (κ2) is 6.53. The number of hydrogen-bond donors (Lipinski definition) is 0. The van der Waals surface area contributed by atoms with E-state index >= 15 is 0 Å². The van der Waals surface area contributed by atoms with Gasteiger partial charge in [0.2, 0.25) is 5.52 Å². The molecule has 0 aliphatic carbocycles. The highest BCUT2D eigenvalue weighted by Crippen LogP contribution is 2.29. The number of nitrogens with zero attached hydrogens (tertiary/aromatic N) is 1. The van der Waals surface area contributed by atoms with Crippen LogP contribution in [0.5, 0.6) is 0 Å². The SMILES string of the molecule is Brc1ccc(Br)c2c[n+]3ccccc3cc12.[O-][Cl+3]([O-])([O-])[O-]. The lowest BCUT2D eigenvalue weighted by molar-refractivity contribution is -2.00. The maximum atomic E-state index is 8.49. The maximum Gasteiger partial charge on any atom is 0.211 e. The van der Waals surface area contributed by atoms with Crippen molar-refractivity contribution in [3.63, 3.8) is 0 Å². The van der Waals surface area contributed by atoms with Gasteiger partial charge in [0.25, 0.3) is 0 Å². The molecule has 3 rings (SSSR count). The third kappa shape index (κ3) is 4.58. The summed E-state index contributed by atoms with van der Waals surface area (Å²) in [6.07, 6.45) is 4.20. The van der Waals surface area contributed by atoms with E-state index in [0.29, 0.717) is 0 Å². The van der Waals surface area contributed by atoms with Crippen LogP contribution in [0.2, 0.25) is 0 Å². The summed E-state index contributed by atoms with van der Waals surface area (Å²) in [6.45, 7) is 0. The molecule has 0 unspecified atom stereocenters. The predicted octanol–water partition coefficient (Wildman–Crippen LogP) is -0.652. The Labute approximate surface area is 139 Å². The van der Waals surface area contributed by atoms with Gasteiger partial charge in [-0.05, 0) is 34.1 Å². The van der Waals surface area contributed by atoms with E-state index in [1.165, 1.54) is 16.3 Å². The molecule has 1 aromatic carbocycles. The van der Waals surface area contributed by atoms with Crippen molar-refractivity contribution in [3.05, 3.63) is 57.7 Å². The van der Waals surface area contributed by atoms with E-state index in [1.54, 1.807) is 0 Å². The highest BCUT2D eigenvalue weighted by molar-refractivity contribution is 9.11. The molecule has 0 N–H and O–H groups in total. The van der Waals surface area contributed by atoms with Crippen LogP contribution in [0.3, 0.4) is 0 Å². The molecule has 3 aromatic rings. The Balaban J connectivity index is 0.000000282. The van der Waals surface area contributed by atoms with Gasteiger partial charge >= 0.3 is 0 Å². The zero-order valence-electron chi connectivity index (χ0n) is 10.3. The van der Waals surface area contributed by atoms with Crippen molar-refractivity contribution < 1.29 is 33.3 Å². The van der Waals surface area contributed by atoms with Gasteiger partial charge in [-0.2, -0.15) is 4.40 Å². The molecule has 0 atom stereocenters. The van der Waals surface area contributed by atoms with Crippen LogP contribution in [-0.4, -0.2) is 0 Å². The molecule has 0 radical (unpaired) electrons. The Bertz CT molecular complexity index is 726. The first kappa shape index (κ1) is 16.6. The predicted molar refractivity (Wildman–Crippen MR) is 72.5 cm³/mol. The molecule has 21 heavy (non-hydrogen) atoms. The summed E-state index contributed by atoms with van der Waals surface area (Å²) in [7, 11) is -4.94. The summed E-state index contributed by atoms with van der Waals surface area (Å²) in [5, 5.41) is 2.43. The molecule has 0 bridgehead atoms. The molecule has 5 nitrogen and oxygen atoms in total. The number of halogens is 3. The van der Waals surface area contributed by atoms with Gasteiger partial charge in [-0.1, -0.05) is 15.9 Å². The van der Waals surface area contributed by atoms with E-state index in [4.69, 9.17) is 18.6 Å². The fraction of sp³-hybridized carbons (Fsp3) is 0. The molecule has 110 valence electrons. The summed E-state index contributed by atoms with van der Waals surface area (Å²) in [6, 6.07) is 12.5. The fourth-order valence-electron chi connectivity index (χ4n) is 1.86. The molecular weight excluding hydrogens is 429 g/mol. The second-order valence-electron chi connectivity index (χ2n) is 4.04. The Morgan fingerprint density at radius 1 is 0.857 bits per heavy atom. The zero-order valence-corrected chi connectivity index (χ0v) is 14.3. The molecule has 0 spiro atoms. The van der Waals surface area contributed by atoms with Gasteiger partial charge in [0.05, 0.1) is 5.39 Å². The molecule has 0 fully saturated rings. The van der Waals surface area contributed by atoms with Crippen LogP contribution in [0.25, 0.3) is 16.3 Å². The zero-order chi connectivity index (χ0) is 15.6. The van der Waals surface area contributed by atoms with Crippen molar-refractivity contribution in [1.29, 1.82) is 0 Å². The van der Waals surface area contributed by atoms with Gasteiger partial charge in [-0.15, -0.1) is 10.2 Å². The lowest BCUT2D eigenvalue weighted by Gasteiger charge is -2.17. The lowest BCUT2D eigenvalue weighted by Crippen LogP contribution is -2.68. The maximum absolute atomic E-state index is 8.49. The van der Waals surface area contributed by atoms with Crippen LogP contribution >= 0.6 is 31.9 Å². The van der Waals surface area contributed by atoms with E-state index in [1.807, 2.05) is 12.1 Å². The Hall–Kier alpha value is -0.800. The van der Waals surface area contributed by atoms with E-state index in [0.717, 1.165) is 8.95 Å². The van der Waals surface area contributed by atoms with Crippen molar-refractivity contribution in [3.8, 4) is 0 Å². The standard InChI is InChI=1S/C13H8Br2N.ClHO4/c14-12-4-5-13(15)11-8-16-6-2-1-3-9(16)7-10(11)12;2-1(3,4)5/h1-8H;(H,2,3,4,5)/q+1;/p-1. The van der Waals surface area contributed by atoms with E-state index < -0.39 is 10.2 Å². The third-order valence-electron chi connectivity index (χ3n) is 2.66. The highest BCUT2D eigenvalue weighted by atomic mass is 79.9. The van der Waals surface area contributed by atoms with Gasteiger partial charge in [-0.25, -0.2) is 18.6 Å². The molecule has 0 aliphatic heterocycles. The molecule has 0 saturated carbocycles. The van der Waals surface area contributed by atoms with Gasteiger partial charge in [0.1, 0.15) is 0 Å². The second-order valence-corrected chi connectivity index (χ2v) is 6.51. The minimum Gasteiger partial charge on any atom is -0.222 e. The van der Waals surface area contributed by atoms with Crippen molar-refractivity contribution >= 4 is 48.1 Å². The number of benzene rings is 1. The fourth-order valence-corrected chi connectivity index (χ4v) is 2.77. The number of hydrogen-bond acceptors (Lipinski definition) is 4. The number of aromatic nitrogens is 1. The van der Waals surface area contributed by atoms with Crippen molar-refractivity contribution in [2.24, 2.45) is 0 Å². The molecule has 2 heterocycles. The van der Waals surface area contributed by atoms with Crippen LogP contribution in [-0.2, 0) is 0 Å². The molecule has 8 heteroatoms. The minimum absolute atomic E-state index is 1.11. The van der Waals surface area contributed by atoms with Gasteiger partial charge in [-0.3, -0.25) is 0 Å². The first-order chi connectivity index (χ1) is 9.75. The molecule has 0 saturated heterocycles. The van der Waals surface area contributed by atoms with Gasteiger partial charge in [0.15, 0.2) is 12.4 Å². The van der Waals surface area contributed by atoms with E-state index in [-0.39, 0.29) is 0 Å². The molecular formula is C13H8Br2ClNO4. The smallest absolute Gasteiger partial charge is 0.211 e. The van der Waals surface area contributed by atoms with Crippen LogP contribution < -0.4 is 23.0 Å². The number of rotatable bonds is 0. The van der Waals surface area contributed by atoms with Crippen molar-refractivity contribution in [2.75, 3.05) is 0 Å². The van der Waals surface area contributed by atoms with E-state index in [2.05, 4.69) is 72.9 Å². The summed E-state index contributed by atoms with van der Waals surface area (Å²) in [5.41, 5.74) is 1.19. The first-order valence-corrected chi connectivity index (χ1v) is 8.37. The summed E-state index contributed by atoms with van der Waals surface area (Å²) in [4.78, 5) is 0. The Kier molecular flexibility index (Phi) is 5.15. The van der Waals surface area contributed by atoms with Crippen molar-refractivity contribution in [1.82, 2.24) is 0 Å². The minimum atomic E-state index is -4.94. The molecule has 2 aromatic heterocycles. The average Bonchev–Trinajstić information content (AvgIpc) is 2.40. The number of pyridine rings is 2. The Morgan fingerprint density at radius 2 is 1.43 bits per heavy atom. The quantitative estimate of drug-likeness (QED) is 0.345. The van der Waals surface area contributed by atoms with E-state index in [9.17, 15) is 0 Å². The van der Waals surface area contributed by atoms with Gasteiger partial charge in [0, 0.05) is 32.5 Å². The summed E-state index contributed by atoms with van der Waals surface area (Å²) < 4.78 is 38.3. The largest absolute Gasteiger partial charge is 0.222 e. The normalized spacial score (nSPS) is 11.3. The van der Waals surface area contributed by atoms with Crippen LogP contribution in [0.1, 0.15) is 0 Å². The number of fused-ring (bicyclic) bond motifs is 2.